The molecule has 0 aliphatic rings. The molecule has 0 aromatic rings. The zero-order valence-corrected chi connectivity index (χ0v) is 53.0. The van der Waals surface area contributed by atoms with Crippen LogP contribution in [-0.4, -0.2) is 37.2 Å². The van der Waals surface area contributed by atoms with Crippen LogP contribution in [0.3, 0.4) is 0 Å². The summed E-state index contributed by atoms with van der Waals surface area (Å²) in [7, 11) is 0. The lowest BCUT2D eigenvalue weighted by Crippen LogP contribution is -2.30. The van der Waals surface area contributed by atoms with E-state index in [9.17, 15) is 14.4 Å². The minimum atomic E-state index is -0.802. The van der Waals surface area contributed by atoms with Gasteiger partial charge in [-0.3, -0.25) is 14.4 Å². The maximum absolute atomic E-state index is 12.9. The number of hydrogen-bond acceptors (Lipinski definition) is 6. The predicted molar refractivity (Wildman–Crippen MR) is 353 cm³/mol. The molecule has 0 fully saturated rings. The number of hydrogen-bond donors (Lipinski definition) is 0. The fourth-order valence-corrected chi connectivity index (χ4v) is 9.40. The molecule has 0 rings (SSSR count). The van der Waals surface area contributed by atoms with Crippen molar-refractivity contribution in [3.05, 3.63) is 122 Å². The van der Waals surface area contributed by atoms with Crippen molar-refractivity contribution in [2.45, 2.75) is 322 Å². The topological polar surface area (TPSA) is 78.9 Å². The Hall–Kier alpha value is -4.19. The van der Waals surface area contributed by atoms with Gasteiger partial charge in [-0.15, -0.1) is 0 Å². The first kappa shape index (κ1) is 76.8. The molecule has 462 valence electrons. The fourth-order valence-electron chi connectivity index (χ4n) is 9.40. The van der Waals surface area contributed by atoms with Crippen molar-refractivity contribution in [1.29, 1.82) is 0 Å². The van der Waals surface area contributed by atoms with Crippen LogP contribution in [0.15, 0.2) is 122 Å². The van der Waals surface area contributed by atoms with Crippen LogP contribution in [0.1, 0.15) is 316 Å². The van der Waals surface area contributed by atoms with Gasteiger partial charge in [0.1, 0.15) is 13.2 Å². The van der Waals surface area contributed by atoms with Gasteiger partial charge < -0.3 is 14.2 Å². The summed E-state index contributed by atoms with van der Waals surface area (Å²) in [5, 5.41) is 0. The Kier molecular flexibility index (Phi) is 64.8. The molecular weight excluding hydrogens is 997 g/mol. The Morgan fingerprint density at radius 1 is 0.259 bits per heavy atom. The average molecular weight is 1120 g/mol. The van der Waals surface area contributed by atoms with E-state index in [1.807, 2.05) is 0 Å². The quantitative estimate of drug-likeness (QED) is 0.0261. The first-order valence-corrected chi connectivity index (χ1v) is 34.0. The summed E-state index contributed by atoms with van der Waals surface area (Å²) in [6.07, 6.45) is 95.1. The molecule has 0 aliphatic heterocycles. The molecule has 1 atom stereocenters. The minimum absolute atomic E-state index is 0.0947. The second-order valence-electron chi connectivity index (χ2n) is 22.3. The normalized spacial score (nSPS) is 12.9. The number of rotatable bonds is 61. The zero-order chi connectivity index (χ0) is 58.5. The Morgan fingerprint density at radius 2 is 0.481 bits per heavy atom. The molecule has 0 spiro atoms. The van der Waals surface area contributed by atoms with E-state index in [1.165, 1.54) is 128 Å². The molecule has 1 unspecified atom stereocenters. The van der Waals surface area contributed by atoms with Crippen LogP contribution in [-0.2, 0) is 28.6 Å². The Morgan fingerprint density at radius 3 is 0.753 bits per heavy atom. The van der Waals surface area contributed by atoms with Crippen LogP contribution >= 0.6 is 0 Å². The molecule has 0 saturated carbocycles. The van der Waals surface area contributed by atoms with Crippen molar-refractivity contribution in [2.24, 2.45) is 0 Å². The van der Waals surface area contributed by atoms with Gasteiger partial charge in [0.15, 0.2) is 6.10 Å². The minimum Gasteiger partial charge on any atom is -0.462 e. The highest BCUT2D eigenvalue weighted by atomic mass is 16.6. The summed E-state index contributed by atoms with van der Waals surface area (Å²) >= 11 is 0. The van der Waals surface area contributed by atoms with Crippen molar-refractivity contribution in [3.63, 3.8) is 0 Å². The molecule has 81 heavy (non-hydrogen) atoms. The highest BCUT2D eigenvalue weighted by Crippen LogP contribution is 2.16. The van der Waals surface area contributed by atoms with Crippen LogP contribution in [0.5, 0.6) is 0 Å². The van der Waals surface area contributed by atoms with Gasteiger partial charge in [0.2, 0.25) is 0 Å². The number of allylic oxidation sites excluding steroid dienone is 20. The second kappa shape index (κ2) is 68.3. The molecule has 6 heteroatoms. The number of carbonyl (C=O) groups excluding carboxylic acids is 3. The largest absolute Gasteiger partial charge is 0.462 e. The maximum atomic E-state index is 12.9. The van der Waals surface area contributed by atoms with Crippen molar-refractivity contribution in [1.82, 2.24) is 0 Å². The Balaban J connectivity index is 4.28. The SMILES string of the molecule is CC/C=C\C/C=C\C/C=C\C/C=C\CCCCCCC(=O)OC(COC(=O)CCCCCCC/C=C\C/C=C\C/C=C\CC)COC(=O)CCCCCCCCCCCCCCCCCC/C=C\C/C=C\C/C=C\CCCCCCC. The zero-order valence-electron chi connectivity index (χ0n) is 53.0. The highest BCUT2D eigenvalue weighted by Gasteiger charge is 2.19. The summed E-state index contributed by atoms with van der Waals surface area (Å²) in [5.74, 6) is -0.929. The van der Waals surface area contributed by atoms with E-state index in [-0.39, 0.29) is 31.1 Å². The summed E-state index contributed by atoms with van der Waals surface area (Å²) in [4.78, 5) is 38.4. The van der Waals surface area contributed by atoms with Crippen LogP contribution in [0.25, 0.3) is 0 Å². The average Bonchev–Trinajstić information content (AvgIpc) is 3.47. The summed E-state index contributed by atoms with van der Waals surface area (Å²) in [5.41, 5.74) is 0. The van der Waals surface area contributed by atoms with E-state index in [4.69, 9.17) is 14.2 Å². The van der Waals surface area contributed by atoms with E-state index in [0.29, 0.717) is 19.3 Å². The molecular formula is C75H126O6. The van der Waals surface area contributed by atoms with Crippen molar-refractivity contribution in [2.75, 3.05) is 13.2 Å². The van der Waals surface area contributed by atoms with Gasteiger partial charge in [0.25, 0.3) is 0 Å². The summed E-state index contributed by atoms with van der Waals surface area (Å²) in [6, 6.07) is 0. The third-order valence-corrected chi connectivity index (χ3v) is 14.4. The molecule has 0 amide bonds. The number of ether oxygens (including phenoxy) is 3. The first-order valence-electron chi connectivity index (χ1n) is 34.0. The van der Waals surface area contributed by atoms with Gasteiger partial charge in [0.05, 0.1) is 0 Å². The lowest BCUT2D eigenvalue weighted by molar-refractivity contribution is -0.167. The molecule has 0 bridgehead atoms. The third kappa shape index (κ3) is 66.5. The van der Waals surface area contributed by atoms with Crippen LogP contribution in [0, 0.1) is 0 Å². The molecule has 0 radical (unpaired) electrons. The summed E-state index contributed by atoms with van der Waals surface area (Å²) < 4.78 is 16.9. The van der Waals surface area contributed by atoms with E-state index >= 15 is 0 Å². The second-order valence-corrected chi connectivity index (χ2v) is 22.3. The third-order valence-electron chi connectivity index (χ3n) is 14.4. The molecule has 0 heterocycles. The molecule has 6 nitrogen and oxygen atoms in total. The van der Waals surface area contributed by atoms with Gasteiger partial charge >= 0.3 is 17.9 Å². The smallest absolute Gasteiger partial charge is 0.306 e. The van der Waals surface area contributed by atoms with E-state index < -0.39 is 6.10 Å². The molecule has 0 aromatic heterocycles. The lowest BCUT2D eigenvalue weighted by atomic mass is 10.0. The van der Waals surface area contributed by atoms with Gasteiger partial charge in [-0.25, -0.2) is 0 Å². The van der Waals surface area contributed by atoms with E-state index in [1.54, 1.807) is 0 Å². The van der Waals surface area contributed by atoms with Crippen LogP contribution in [0.4, 0.5) is 0 Å². The number of carbonyl (C=O) groups is 3. The van der Waals surface area contributed by atoms with Crippen LogP contribution in [0.2, 0.25) is 0 Å². The standard InChI is InChI=1S/C75H126O6/c1-4-7-10-13-16-19-22-25-28-30-31-32-33-34-35-36-37-38-39-40-41-42-43-45-47-50-53-56-59-62-65-68-74(77)80-71-72(70-79-73(76)67-64-61-58-55-52-49-46-27-24-21-18-15-12-9-6-3)81-75(78)69-66-63-60-57-54-51-48-44-29-26-23-20-17-14-11-8-5-2/h8-9,11-12,17-18,20-22,25-27,29-31,33-34,46,48,51,72H,4-7,10,13-16,19,23-24,28,32,35-45,47,49-50,52-71H2,1-3H3/b11-8-,12-9-,20-17-,21-18-,25-22-,29-26-,31-30-,34-33-,46-27-,51-48-. The molecule has 0 aliphatic carbocycles. The van der Waals surface area contributed by atoms with Crippen LogP contribution < -0.4 is 0 Å². The van der Waals surface area contributed by atoms with Gasteiger partial charge in [-0.2, -0.15) is 0 Å². The maximum Gasteiger partial charge on any atom is 0.306 e. The van der Waals surface area contributed by atoms with Crippen molar-refractivity contribution < 1.29 is 28.6 Å². The van der Waals surface area contributed by atoms with Crippen molar-refractivity contribution >= 4 is 17.9 Å². The number of esters is 3. The molecule has 0 aromatic carbocycles. The first-order chi connectivity index (χ1) is 40.0. The molecule has 0 saturated heterocycles. The Bertz CT molecular complexity index is 1670. The van der Waals surface area contributed by atoms with Gasteiger partial charge in [-0.1, -0.05) is 290 Å². The van der Waals surface area contributed by atoms with Gasteiger partial charge in [0, 0.05) is 19.3 Å². The summed E-state index contributed by atoms with van der Waals surface area (Å²) in [6.45, 7) is 6.39. The number of unbranched alkanes of at least 4 members (excludes halogenated alkanes) is 30. The van der Waals surface area contributed by atoms with E-state index in [0.717, 1.165) is 148 Å². The van der Waals surface area contributed by atoms with Crippen molar-refractivity contribution in [3.8, 4) is 0 Å². The monoisotopic (exact) mass is 1120 g/mol. The Labute approximate surface area is 501 Å². The highest BCUT2D eigenvalue weighted by molar-refractivity contribution is 5.71. The van der Waals surface area contributed by atoms with Gasteiger partial charge in [-0.05, 0) is 128 Å². The molecule has 0 N–H and O–H groups in total. The lowest BCUT2D eigenvalue weighted by Gasteiger charge is -2.18. The predicted octanol–water partition coefficient (Wildman–Crippen LogP) is 23.6. The van der Waals surface area contributed by atoms with E-state index in [2.05, 4.69) is 142 Å². The fraction of sp³-hybridized carbons (Fsp3) is 0.693.